The number of aromatic hydroxyl groups is 1. The molecule has 0 unspecified atom stereocenters. The molecule has 1 fully saturated rings. The number of hydrogen-bond donors (Lipinski definition) is 2. The van der Waals surface area contributed by atoms with E-state index in [-0.39, 0.29) is 16.9 Å². The number of hydrogen-bond acceptors (Lipinski definition) is 7. The van der Waals surface area contributed by atoms with Crippen LogP contribution in [0.4, 0.5) is 17.1 Å². The Morgan fingerprint density at radius 1 is 0.833 bits per heavy atom. The van der Waals surface area contributed by atoms with Crippen LogP contribution in [-0.2, 0) is 14.1 Å². The fraction of sp³-hybridized carbons (Fsp3) is 0.200. The topological polar surface area (TPSA) is 121 Å². The number of anilines is 2. The maximum Gasteiger partial charge on any atom is 0.335 e. The van der Waals surface area contributed by atoms with E-state index < -0.39 is 17.1 Å². The van der Waals surface area contributed by atoms with E-state index in [4.69, 9.17) is 11.6 Å². The summed E-state index contributed by atoms with van der Waals surface area (Å²) in [7, 11) is 3.41. The fourth-order valence-electron chi connectivity index (χ4n) is 5.37. The molecule has 6 rings (SSSR count). The van der Waals surface area contributed by atoms with Gasteiger partial charge in [0.05, 0.1) is 28.1 Å². The highest BCUT2D eigenvalue weighted by Gasteiger charge is 2.22. The number of imidazole rings is 1. The maximum absolute atomic E-state index is 12.8. The first-order valence-electron chi connectivity index (χ1n) is 13.4. The average molecular weight is 586 g/mol. The number of H-pyrrole nitrogens is 1. The van der Waals surface area contributed by atoms with Crippen molar-refractivity contribution in [2.45, 2.75) is 0 Å². The lowest BCUT2D eigenvalue weighted by atomic mass is 10.1. The molecule has 11 nitrogen and oxygen atoms in total. The van der Waals surface area contributed by atoms with Gasteiger partial charge >= 0.3 is 11.4 Å². The molecule has 2 N–H and O–H groups in total. The molecule has 42 heavy (non-hydrogen) atoms. The van der Waals surface area contributed by atoms with Crippen molar-refractivity contribution in [2.75, 3.05) is 36.0 Å². The van der Waals surface area contributed by atoms with E-state index in [0.717, 1.165) is 34.5 Å². The monoisotopic (exact) mass is 585 g/mol. The molecular weight excluding hydrogens is 558 g/mol. The Bertz CT molecular complexity index is 2020. The lowest BCUT2D eigenvalue weighted by Gasteiger charge is -2.37. The molecule has 5 aromatic rings. The molecule has 0 saturated carbocycles. The number of rotatable bonds is 5. The van der Waals surface area contributed by atoms with Gasteiger partial charge in [-0.05, 0) is 42.5 Å². The SMILES string of the molecule is Cn1c(=O)n(C)c2cc(N3CCN(c4ccccc4)CC3)c(N=Cc3c(O)n(-c4cccc(Cl)c4)c(=O)[nH]c3=O)cc21. The fourth-order valence-corrected chi connectivity index (χ4v) is 5.55. The van der Waals surface area contributed by atoms with Crippen LogP contribution in [0.5, 0.6) is 5.88 Å². The maximum atomic E-state index is 12.8. The van der Waals surface area contributed by atoms with E-state index in [9.17, 15) is 19.5 Å². The van der Waals surface area contributed by atoms with Crippen molar-refractivity contribution in [2.24, 2.45) is 19.1 Å². The Labute approximate surface area is 244 Å². The van der Waals surface area contributed by atoms with Crippen molar-refractivity contribution in [1.29, 1.82) is 0 Å². The van der Waals surface area contributed by atoms with Gasteiger partial charge in [-0.15, -0.1) is 0 Å². The lowest BCUT2D eigenvalue weighted by Crippen LogP contribution is -2.46. The molecule has 0 radical (unpaired) electrons. The molecule has 0 amide bonds. The van der Waals surface area contributed by atoms with Crippen molar-refractivity contribution in [3.63, 3.8) is 0 Å². The van der Waals surface area contributed by atoms with E-state index in [1.54, 1.807) is 42.9 Å². The van der Waals surface area contributed by atoms with E-state index >= 15 is 0 Å². The number of para-hydroxylation sites is 1. The summed E-state index contributed by atoms with van der Waals surface area (Å²) in [5.41, 5.74) is 2.18. The van der Waals surface area contributed by atoms with Gasteiger partial charge in [0.25, 0.3) is 5.56 Å². The molecular formula is C30H28ClN7O4. The number of nitrogens with one attached hydrogen (secondary N) is 1. The lowest BCUT2D eigenvalue weighted by molar-refractivity contribution is 0.430. The van der Waals surface area contributed by atoms with Crippen LogP contribution in [0, 0.1) is 0 Å². The molecule has 1 aliphatic rings. The van der Waals surface area contributed by atoms with Gasteiger partial charge in [-0.1, -0.05) is 35.9 Å². The molecule has 0 atom stereocenters. The first-order chi connectivity index (χ1) is 20.2. The quantitative estimate of drug-likeness (QED) is 0.306. The number of aliphatic imine (C=N–C) groups is 1. The van der Waals surface area contributed by atoms with E-state index in [1.165, 1.54) is 16.8 Å². The number of piperazine rings is 1. The molecule has 214 valence electrons. The third kappa shape index (κ3) is 4.77. The van der Waals surface area contributed by atoms with Crippen LogP contribution >= 0.6 is 11.6 Å². The summed E-state index contributed by atoms with van der Waals surface area (Å²) >= 11 is 6.09. The number of benzene rings is 3. The largest absolute Gasteiger partial charge is 0.493 e. The summed E-state index contributed by atoms with van der Waals surface area (Å²) in [6.45, 7) is 2.97. The summed E-state index contributed by atoms with van der Waals surface area (Å²) < 4.78 is 4.08. The Kier molecular flexibility index (Phi) is 6.95. The number of aryl methyl sites for hydroxylation is 2. The second-order valence-corrected chi connectivity index (χ2v) is 10.5. The van der Waals surface area contributed by atoms with Crippen LogP contribution < -0.4 is 26.7 Å². The molecule has 0 spiro atoms. The minimum atomic E-state index is -0.811. The van der Waals surface area contributed by atoms with Crippen LogP contribution in [-0.4, -0.2) is 56.2 Å². The van der Waals surface area contributed by atoms with E-state index in [2.05, 4.69) is 31.9 Å². The molecule has 2 aromatic heterocycles. The molecule has 1 saturated heterocycles. The van der Waals surface area contributed by atoms with E-state index in [1.807, 2.05) is 24.3 Å². The summed E-state index contributed by atoms with van der Waals surface area (Å²) in [4.78, 5) is 49.5. The van der Waals surface area contributed by atoms with Crippen molar-refractivity contribution < 1.29 is 5.11 Å². The zero-order valence-corrected chi connectivity index (χ0v) is 23.7. The minimum absolute atomic E-state index is 0.173. The second kappa shape index (κ2) is 10.7. The van der Waals surface area contributed by atoms with E-state index in [0.29, 0.717) is 29.3 Å². The second-order valence-electron chi connectivity index (χ2n) is 10.1. The van der Waals surface area contributed by atoms with Crippen LogP contribution in [0.25, 0.3) is 16.7 Å². The smallest absolute Gasteiger partial charge is 0.335 e. The number of fused-ring (bicyclic) bond motifs is 1. The average Bonchev–Trinajstić information content (AvgIpc) is 3.20. The normalized spacial score (nSPS) is 13.9. The van der Waals surface area contributed by atoms with Crippen LogP contribution in [0.15, 0.2) is 86.1 Å². The Hall–Kier alpha value is -5.03. The van der Waals surface area contributed by atoms with Crippen molar-refractivity contribution in [3.8, 4) is 11.6 Å². The number of aromatic nitrogens is 4. The third-order valence-corrected chi connectivity index (χ3v) is 7.87. The summed E-state index contributed by atoms with van der Waals surface area (Å²) in [6, 6.07) is 20.3. The first kappa shape index (κ1) is 27.2. The van der Waals surface area contributed by atoms with Gasteiger partial charge < -0.3 is 14.9 Å². The number of nitrogens with zero attached hydrogens (tertiary/aromatic N) is 6. The van der Waals surface area contributed by atoms with Gasteiger partial charge in [0, 0.05) is 57.2 Å². The molecule has 12 heteroatoms. The molecule has 0 aliphatic carbocycles. The van der Waals surface area contributed by atoms with Crippen molar-refractivity contribution in [1.82, 2.24) is 18.7 Å². The number of aromatic amines is 1. The Balaban J connectivity index is 1.43. The zero-order chi connectivity index (χ0) is 29.5. The molecule has 1 aliphatic heterocycles. The van der Waals surface area contributed by atoms with Crippen LogP contribution in [0.1, 0.15) is 5.56 Å². The van der Waals surface area contributed by atoms with Crippen LogP contribution in [0.3, 0.4) is 0 Å². The van der Waals surface area contributed by atoms with Gasteiger partial charge in [0.1, 0.15) is 5.56 Å². The van der Waals surface area contributed by atoms with Gasteiger partial charge in [0.2, 0.25) is 5.88 Å². The standard InChI is InChI=1S/C30H28ClN7O4/c1-34-25-16-23(32-18-22-27(39)33-29(41)38(28(22)40)21-10-6-7-19(31)15-21)24(17-26(25)35(2)30(34)42)37-13-11-36(12-14-37)20-8-4-3-5-9-20/h3-10,15-18,40H,11-14H2,1-2H3,(H,33,39,41). The highest BCUT2D eigenvalue weighted by atomic mass is 35.5. The number of halogens is 1. The van der Waals surface area contributed by atoms with Gasteiger partial charge in [-0.25, -0.2) is 14.2 Å². The van der Waals surface area contributed by atoms with Gasteiger partial charge in [-0.2, -0.15) is 0 Å². The van der Waals surface area contributed by atoms with Crippen molar-refractivity contribution in [3.05, 3.63) is 109 Å². The molecule has 3 aromatic carbocycles. The highest BCUT2D eigenvalue weighted by molar-refractivity contribution is 6.30. The summed E-state index contributed by atoms with van der Waals surface area (Å²) in [5, 5.41) is 11.4. The van der Waals surface area contributed by atoms with Crippen molar-refractivity contribution >= 4 is 45.9 Å². The minimum Gasteiger partial charge on any atom is -0.493 e. The molecule has 0 bridgehead atoms. The highest BCUT2D eigenvalue weighted by Crippen LogP contribution is 2.34. The van der Waals surface area contributed by atoms with Gasteiger partial charge in [-0.3, -0.25) is 23.9 Å². The third-order valence-electron chi connectivity index (χ3n) is 7.63. The Morgan fingerprint density at radius 3 is 2.17 bits per heavy atom. The summed E-state index contributed by atoms with van der Waals surface area (Å²) in [5.74, 6) is -0.569. The predicted molar refractivity (Wildman–Crippen MR) is 166 cm³/mol. The van der Waals surface area contributed by atoms with Crippen LogP contribution in [0.2, 0.25) is 5.02 Å². The Morgan fingerprint density at radius 2 is 1.48 bits per heavy atom. The first-order valence-corrected chi connectivity index (χ1v) is 13.7. The molecule has 3 heterocycles. The summed E-state index contributed by atoms with van der Waals surface area (Å²) in [6.07, 6.45) is 1.24. The predicted octanol–water partition coefficient (Wildman–Crippen LogP) is 3.15. The van der Waals surface area contributed by atoms with Gasteiger partial charge in [0.15, 0.2) is 0 Å². The zero-order valence-electron chi connectivity index (χ0n) is 23.0.